The van der Waals surface area contributed by atoms with E-state index < -0.39 is 0 Å². The van der Waals surface area contributed by atoms with E-state index in [4.69, 9.17) is 11.0 Å². The Morgan fingerprint density at radius 3 is 2.59 bits per heavy atom. The van der Waals surface area contributed by atoms with E-state index in [0.29, 0.717) is 30.9 Å². The summed E-state index contributed by atoms with van der Waals surface area (Å²) in [5, 5.41) is 13.7. The molecule has 0 spiro atoms. The largest absolute Gasteiger partial charge is 0.384 e. The average molecular weight is 451 g/mol. The topological polar surface area (TPSA) is 101 Å². The highest BCUT2D eigenvalue weighted by Gasteiger charge is 2.17. The summed E-state index contributed by atoms with van der Waals surface area (Å²) in [6, 6.07) is 25.0. The van der Waals surface area contributed by atoms with Crippen LogP contribution in [0.1, 0.15) is 28.0 Å². The second-order valence-electron chi connectivity index (χ2n) is 8.05. The minimum atomic E-state index is -0.119. The summed E-state index contributed by atoms with van der Waals surface area (Å²) >= 11 is 0. The van der Waals surface area contributed by atoms with Gasteiger partial charge < -0.3 is 10.6 Å². The molecule has 7 nitrogen and oxygen atoms in total. The number of nitrogens with two attached hydrogens (primary N) is 1. The molecule has 2 heterocycles. The van der Waals surface area contributed by atoms with Gasteiger partial charge in [0.1, 0.15) is 5.82 Å². The number of aromatic nitrogens is 3. The van der Waals surface area contributed by atoms with Crippen molar-refractivity contribution in [3.8, 4) is 23.0 Å². The first-order valence-corrected chi connectivity index (χ1v) is 11.1. The number of anilines is 1. The summed E-state index contributed by atoms with van der Waals surface area (Å²) in [5.74, 6) is 0.396. The third-order valence-electron chi connectivity index (χ3n) is 5.55. The molecule has 2 aromatic carbocycles. The fourth-order valence-corrected chi connectivity index (χ4v) is 3.77. The first-order chi connectivity index (χ1) is 16.5. The van der Waals surface area contributed by atoms with Gasteiger partial charge in [0.25, 0.3) is 5.91 Å². The van der Waals surface area contributed by atoms with Gasteiger partial charge in [0.15, 0.2) is 0 Å². The summed E-state index contributed by atoms with van der Waals surface area (Å²) in [5.41, 5.74) is 11.4. The Morgan fingerprint density at radius 2 is 1.88 bits per heavy atom. The maximum Gasteiger partial charge on any atom is 0.253 e. The molecule has 0 fully saturated rings. The number of pyridine rings is 1. The predicted molar refractivity (Wildman–Crippen MR) is 132 cm³/mol. The van der Waals surface area contributed by atoms with Crippen molar-refractivity contribution in [1.29, 1.82) is 5.26 Å². The number of nitrogen functional groups attached to an aromatic ring is 1. The summed E-state index contributed by atoms with van der Waals surface area (Å²) in [4.78, 5) is 19.2. The molecule has 2 N–H and O–H groups in total. The normalized spacial score (nSPS) is 10.6. The van der Waals surface area contributed by atoms with Crippen molar-refractivity contribution in [2.24, 2.45) is 0 Å². The molecule has 7 heteroatoms. The number of carbonyl (C=O) groups excluding carboxylic acids is 1. The first-order valence-electron chi connectivity index (χ1n) is 11.1. The van der Waals surface area contributed by atoms with Crippen molar-refractivity contribution in [2.45, 2.75) is 19.8 Å². The first kappa shape index (κ1) is 22.7. The van der Waals surface area contributed by atoms with Crippen LogP contribution < -0.4 is 5.73 Å². The van der Waals surface area contributed by atoms with E-state index in [1.165, 1.54) is 0 Å². The highest BCUT2D eigenvalue weighted by Crippen LogP contribution is 2.24. The fourth-order valence-electron chi connectivity index (χ4n) is 3.77. The van der Waals surface area contributed by atoms with E-state index in [2.05, 4.69) is 22.2 Å². The van der Waals surface area contributed by atoms with Crippen molar-refractivity contribution < 1.29 is 4.79 Å². The van der Waals surface area contributed by atoms with Gasteiger partial charge >= 0.3 is 0 Å². The Morgan fingerprint density at radius 1 is 1.06 bits per heavy atom. The van der Waals surface area contributed by atoms with Gasteiger partial charge in [-0.05, 0) is 49.4 Å². The van der Waals surface area contributed by atoms with Gasteiger partial charge in [-0.1, -0.05) is 29.8 Å². The van der Waals surface area contributed by atoms with E-state index in [1.807, 2.05) is 61.5 Å². The monoisotopic (exact) mass is 450 g/mol. The molecule has 0 atom stereocenters. The molecule has 0 unspecified atom stereocenters. The Hall–Kier alpha value is -4.44. The van der Waals surface area contributed by atoms with Gasteiger partial charge in [0.05, 0.1) is 23.9 Å². The second kappa shape index (κ2) is 10.5. The van der Waals surface area contributed by atoms with Crippen molar-refractivity contribution in [1.82, 2.24) is 19.7 Å². The van der Waals surface area contributed by atoms with Crippen LogP contribution in [0.15, 0.2) is 79.0 Å². The number of amides is 1. The zero-order valence-electron chi connectivity index (χ0n) is 19.1. The smallest absolute Gasteiger partial charge is 0.253 e. The SMILES string of the molecule is Cc1cccc(-c2cc(N)n(-c3ccc(C(=O)N(CCC#N)CCc4ccccn4)cc3)n2)c1. The third-order valence-corrected chi connectivity index (χ3v) is 5.55. The zero-order chi connectivity index (χ0) is 23.9. The number of aryl methyl sites for hydroxylation is 1. The summed E-state index contributed by atoms with van der Waals surface area (Å²) in [7, 11) is 0. The minimum Gasteiger partial charge on any atom is -0.384 e. The minimum absolute atomic E-state index is 0.119. The van der Waals surface area contributed by atoms with Crippen LogP contribution in [-0.4, -0.2) is 38.7 Å². The van der Waals surface area contributed by atoms with Crippen molar-refractivity contribution >= 4 is 11.7 Å². The van der Waals surface area contributed by atoms with Gasteiger partial charge in [-0.3, -0.25) is 9.78 Å². The summed E-state index contributed by atoms with van der Waals surface area (Å²) in [6.07, 6.45) is 2.64. The molecule has 4 aromatic rings. The number of carbonyl (C=O) groups is 1. The highest BCUT2D eigenvalue weighted by molar-refractivity contribution is 5.94. The molecule has 0 saturated carbocycles. The Labute approximate surface area is 199 Å². The second-order valence-corrected chi connectivity index (χ2v) is 8.05. The molecular formula is C27H26N6O. The molecule has 0 radical (unpaired) electrons. The van der Waals surface area contributed by atoms with Gasteiger partial charge in [0.2, 0.25) is 0 Å². The van der Waals surface area contributed by atoms with E-state index in [-0.39, 0.29) is 12.3 Å². The maximum atomic E-state index is 13.2. The lowest BCUT2D eigenvalue weighted by Crippen LogP contribution is -2.34. The van der Waals surface area contributed by atoms with Crippen LogP contribution in [0.25, 0.3) is 16.9 Å². The quantitative estimate of drug-likeness (QED) is 0.428. The van der Waals surface area contributed by atoms with Crippen LogP contribution in [0.3, 0.4) is 0 Å². The average Bonchev–Trinajstić information content (AvgIpc) is 3.26. The molecule has 0 aliphatic rings. The standard InChI is InChI=1S/C27H26N6O/c1-20-6-4-7-22(18-20)25-19-26(29)33(31-25)24-11-9-21(10-12-24)27(34)32(16-5-14-28)17-13-23-8-2-3-15-30-23/h2-4,6-12,15,18-19H,5,13,16-17,29H2,1H3. The third kappa shape index (κ3) is 5.30. The molecule has 0 aliphatic carbocycles. The number of hydrogen-bond acceptors (Lipinski definition) is 5. The Balaban J connectivity index is 1.51. The van der Waals surface area contributed by atoms with Crippen molar-refractivity contribution in [3.63, 3.8) is 0 Å². The van der Waals surface area contributed by atoms with Crippen LogP contribution in [0.5, 0.6) is 0 Å². The number of benzene rings is 2. The van der Waals surface area contributed by atoms with Crippen LogP contribution in [0.4, 0.5) is 5.82 Å². The number of rotatable bonds is 8. The Bertz CT molecular complexity index is 1310. The van der Waals surface area contributed by atoms with Crippen LogP contribution in [0.2, 0.25) is 0 Å². The number of hydrogen-bond donors (Lipinski definition) is 1. The lowest BCUT2D eigenvalue weighted by Gasteiger charge is -2.21. The lowest BCUT2D eigenvalue weighted by atomic mass is 10.1. The summed E-state index contributed by atoms with van der Waals surface area (Å²) < 4.78 is 1.67. The van der Waals surface area contributed by atoms with E-state index in [1.54, 1.807) is 27.9 Å². The van der Waals surface area contributed by atoms with Crippen molar-refractivity contribution in [2.75, 3.05) is 18.8 Å². The number of nitrogens with zero attached hydrogens (tertiary/aromatic N) is 5. The van der Waals surface area contributed by atoms with Gasteiger partial charge in [-0.15, -0.1) is 0 Å². The molecular weight excluding hydrogens is 424 g/mol. The van der Waals surface area contributed by atoms with Gasteiger partial charge in [-0.25, -0.2) is 4.68 Å². The van der Waals surface area contributed by atoms with E-state index in [9.17, 15) is 4.79 Å². The lowest BCUT2D eigenvalue weighted by molar-refractivity contribution is 0.0760. The molecule has 2 aromatic heterocycles. The van der Waals surface area contributed by atoms with Crippen LogP contribution >= 0.6 is 0 Å². The molecule has 170 valence electrons. The van der Waals surface area contributed by atoms with Crippen LogP contribution in [0, 0.1) is 18.3 Å². The number of nitriles is 1. The molecule has 0 saturated heterocycles. The van der Waals surface area contributed by atoms with E-state index in [0.717, 1.165) is 28.2 Å². The van der Waals surface area contributed by atoms with Crippen molar-refractivity contribution in [3.05, 3.63) is 95.8 Å². The van der Waals surface area contributed by atoms with E-state index >= 15 is 0 Å². The molecule has 0 aliphatic heterocycles. The molecule has 0 bridgehead atoms. The zero-order valence-corrected chi connectivity index (χ0v) is 19.1. The predicted octanol–water partition coefficient (Wildman–Crippen LogP) is 4.42. The fraction of sp³-hybridized carbons (Fsp3) is 0.185. The summed E-state index contributed by atoms with van der Waals surface area (Å²) in [6.45, 7) is 2.90. The maximum absolute atomic E-state index is 13.2. The molecule has 34 heavy (non-hydrogen) atoms. The van der Waals surface area contributed by atoms with Gasteiger partial charge in [-0.2, -0.15) is 10.4 Å². The van der Waals surface area contributed by atoms with Gasteiger partial charge in [0, 0.05) is 48.6 Å². The van der Waals surface area contributed by atoms with Crippen LogP contribution in [-0.2, 0) is 6.42 Å². The Kier molecular flexibility index (Phi) is 6.99. The highest BCUT2D eigenvalue weighted by atomic mass is 16.2. The molecule has 4 rings (SSSR count). The molecule has 1 amide bonds.